The van der Waals surface area contributed by atoms with Crippen molar-refractivity contribution in [2.24, 2.45) is 0 Å². The van der Waals surface area contributed by atoms with Crippen LogP contribution in [0.3, 0.4) is 0 Å². The molecule has 1 amide bonds. The Kier molecular flexibility index (Phi) is 5.39. The Bertz CT molecular complexity index is 1020. The van der Waals surface area contributed by atoms with E-state index in [1.54, 1.807) is 24.4 Å². The number of aromatic nitrogens is 1. The number of para-hydroxylation sites is 2. The minimum absolute atomic E-state index is 0.00538. The maximum absolute atomic E-state index is 12.8. The van der Waals surface area contributed by atoms with Gasteiger partial charge in [0.05, 0.1) is 16.8 Å². The average Bonchev–Trinajstić information content (AvgIpc) is 2.80. The second kappa shape index (κ2) is 8.44. The summed E-state index contributed by atoms with van der Waals surface area (Å²) < 4.78 is 0. The first kappa shape index (κ1) is 18.5. The van der Waals surface area contributed by atoms with Crippen molar-refractivity contribution < 1.29 is 4.79 Å². The molecule has 144 valence electrons. The molecule has 0 aliphatic carbocycles. The van der Waals surface area contributed by atoms with Gasteiger partial charge in [0.15, 0.2) is 0 Å². The number of nitrogens with zero attached hydrogens (tertiary/aromatic N) is 4. The van der Waals surface area contributed by atoms with Crippen LogP contribution in [0.1, 0.15) is 15.9 Å². The molecule has 4 rings (SSSR count). The van der Waals surface area contributed by atoms with E-state index in [4.69, 9.17) is 0 Å². The van der Waals surface area contributed by atoms with E-state index >= 15 is 0 Å². The fourth-order valence-electron chi connectivity index (χ4n) is 3.41. The molecule has 0 radical (unpaired) electrons. The quantitative estimate of drug-likeness (QED) is 0.744. The van der Waals surface area contributed by atoms with Gasteiger partial charge in [0.1, 0.15) is 11.9 Å². The molecule has 1 aliphatic heterocycles. The predicted octanol–water partition coefficient (Wildman–Crippen LogP) is 3.66. The molecule has 6 heteroatoms. The molecular formula is C23H21N5O. The summed E-state index contributed by atoms with van der Waals surface area (Å²) in [5.41, 5.74) is 3.00. The fourth-order valence-corrected chi connectivity index (χ4v) is 3.41. The van der Waals surface area contributed by atoms with E-state index in [0.29, 0.717) is 35.7 Å². The maximum atomic E-state index is 12.8. The number of hydrogen-bond donors (Lipinski definition) is 1. The topological polar surface area (TPSA) is 72.3 Å². The number of carbonyl (C=O) groups excluding carboxylic acids is 1. The molecule has 0 saturated carbocycles. The van der Waals surface area contributed by atoms with Crippen molar-refractivity contribution in [1.29, 1.82) is 5.26 Å². The molecule has 3 aromatic rings. The highest BCUT2D eigenvalue weighted by Gasteiger charge is 2.22. The summed E-state index contributed by atoms with van der Waals surface area (Å²) >= 11 is 0. The van der Waals surface area contributed by atoms with Crippen molar-refractivity contribution in [3.63, 3.8) is 0 Å². The Balaban J connectivity index is 1.38. The first-order valence-electron chi connectivity index (χ1n) is 9.56. The number of nitriles is 1. The van der Waals surface area contributed by atoms with E-state index < -0.39 is 0 Å². The van der Waals surface area contributed by atoms with E-state index in [2.05, 4.69) is 33.4 Å². The van der Waals surface area contributed by atoms with Gasteiger partial charge in [-0.3, -0.25) is 4.79 Å². The van der Waals surface area contributed by atoms with Gasteiger partial charge in [0.2, 0.25) is 0 Å². The zero-order valence-corrected chi connectivity index (χ0v) is 16.0. The molecule has 0 unspecified atom stereocenters. The molecule has 1 saturated heterocycles. The van der Waals surface area contributed by atoms with Crippen LogP contribution in [0.5, 0.6) is 0 Å². The summed E-state index contributed by atoms with van der Waals surface area (Å²) in [6.45, 7) is 2.99. The summed E-state index contributed by atoms with van der Waals surface area (Å²) in [7, 11) is 0. The maximum Gasteiger partial charge on any atom is 0.255 e. The first-order chi connectivity index (χ1) is 14.2. The van der Waals surface area contributed by atoms with Crippen LogP contribution in [0.15, 0.2) is 72.9 Å². The average molecular weight is 383 g/mol. The lowest BCUT2D eigenvalue weighted by molar-refractivity contribution is 0.0746. The monoisotopic (exact) mass is 383 g/mol. The van der Waals surface area contributed by atoms with Gasteiger partial charge < -0.3 is 15.1 Å². The number of pyridine rings is 1. The number of rotatable bonds is 4. The van der Waals surface area contributed by atoms with E-state index in [1.807, 2.05) is 41.3 Å². The van der Waals surface area contributed by atoms with Gasteiger partial charge in [-0.15, -0.1) is 0 Å². The number of benzene rings is 2. The van der Waals surface area contributed by atoms with E-state index in [0.717, 1.165) is 13.1 Å². The smallest absolute Gasteiger partial charge is 0.255 e. The van der Waals surface area contributed by atoms with Crippen LogP contribution in [0.2, 0.25) is 0 Å². The van der Waals surface area contributed by atoms with Crippen LogP contribution >= 0.6 is 0 Å². The number of carbonyl (C=O) groups is 1. The molecule has 1 aromatic heterocycles. The molecule has 0 spiro atoms. The highest BCUT2D eigenvalue weighted by atomic mass is 16.2. The molecule has 0 atom stereocenters. The van der Waals surface area contributed by atoms with Crippen LogP contribution in [0.4, 0.5) is 17.2 Å². The number of nitrogens with one attached hydrogen (secondary N) is 1. The Hall–Kier alpha value is -3.85. The summed E-state index contributed by atoms with van der Waals surface area (Å²) in [6.07, 6.45) is 1.59. The Morgan fingerprint density at radius 3 is 2.34 bits per heavy atom. The van der Waals surface area contributed by atoms with E-state index in [1.165, 1.54) is 5.69 Å². The standard InChI is InChI=1S/C23H21N5O/c24-16-18-6-4-5-9-21(18)26-22-11-10-19(17-25-22)23(29)28-14-12-27(13-15-28)20-7-2-1-3-8-20/h1-11,17H,12-15H2,(H,25,26). The summed E-state index contributed by atoms with van der Waals surface area (Å²) in [5.74, 6) is 0.590. The summed E-state index contributed by atoms with van der Waals surface area (Å²) in [5, 5.41) is 12.3. The summed E-state index contributed by atoms with van der Waals surface area (Å²) in [6, 6.07) is 23.2. The minimum atomic E-state index is -0.00538. The number of anilines is 3. The van der Waals surface area contributed by atoms with Gasteiger partial charge in [-0.1, -0.05) is 30.3 Å². The largest absolute Gasteiger partial charge is 0.368 e. The minimum Gasteiger partial charge on any atom is -0.368 e. The SMILES string of the molecule is N#Cc1ccccc1Nc1ccc(C(=O)N2CCN(c3ccccc3)CC2)cn1. The molecule has 6 nitrogen and oxygen atoms in total. The molecular weight excluding hydrogens is 362 g/mol. The van der Waals surface area contributed by atoms with Crippen LogP contribution in [0.25, 0.3) is 0 Å². The highest BCUT2D eigenvalue weighted by Crippen LogP contribution is 2.20. The zero-order valence-electron chi connectivity index (χ0n) is 16.0. The van der Waals surface area contributed by atoms with Gasteiger partial charge in [-0.05, 0) is 36.4 Å². The lowest BCUT2D eigenvalue weighted by atomic mass is 10.2. The number of hydrogen-bond acceptors (Lipinski definition) is 5. The number of piperazine rings is 1. The van der Waals surface area contributed by atoms with Crippen molar-refractivity contribution in [2.45, 2.75) is 0 Å². The fraction of sp³-hybridized carbons (Fsp3) is 0.174. The van der Waals surface area contributed by atoms with Crippen molar-refractivity contribution >= 4 is 23.1 Å². The van der Waals surface area contributed by atoms with E-state index in [-0.39, 0.29) is 5.91 Å². The van der Waals surface area contributed by atoms with Gasteiger partial charge in [-0.25, -0.2) is 4.98 Å². The molecule has 29 heavy (non-hydrogen) atoms. The lowest BCUT2D eigenvalue weighted by Gasteiger charge is -2.36. The van der Waals surface area contributed by atoms with Gasteiger partial charge >= 0.3 is 0 Å². The van der Waals surface area contributed by atoms with Gasteiger partial charge in [0.25, 0.3) is 5.91 Å². The third kappa shape index (κ3) is 4.19. The van der Waals surface area contributed by atoms with E-state index in [9.17, 15) is 10.1 Å². The van der Waals surface area contributed by atoms with Crippen LogP contribution in [-0.4, -0.2) is 42.0 Å². The Morgan fingerprint density at radius 1 is 0.931 bits per heavy atom. The van der Waals surface area contributed by atoms with Crippen LogP contribution in [-0.2, 0) is 0 Å². The first-order valence-corrected chi connectivity index (χ1v) is 9.56. The van der Waals surface area contributed by atoms with Gasteiger partial charge in [-0.2, -0.15) is 5.26 Å². The zero-order chi connectivity index (χ0) is 20.1. The second-order valence-electron chi connectivity index (χ2n) is 6.83. The third-order valence-corrected chi connectivity index (χ3v) is 5.01. The predicted molar refractivity (Wildman–Crippen MR) is 113 cm³/mol. The Morgan fingerprint density at radius 2 is 1.66 bits per heavy atom. The molecule has 2 heterocycles. The Labute approximate surface area is 170 Å². The van der Waals surface area contributed by atoms with Crippen molar-refractivity contribution in [3.05, 3.63) is 84.1 Å². The van der Waals surface area contributed by atoms with Crippen molar-refractivity contribution in [2.75, 3.05) is 36.4 Å². The highest BCUT2D eigenvalue weighted by molar-refractivity contribution is 5.94. The second-order valence-corrected chi connectivity index (χ2v) is 6.83. The normalized spacial score (nSPS) is 13.6. The third-order valence-electron chi connectivity index (χ3n) is 5.01. The van der Waals surface area contributed by atoms with Crippen molar-refractivity contribution in [3.8, 4) is 6.07 Å². The molecule has 1 N–H and O–H groups in total. The molecule has 2 aromatic carbocycles. The molecule has 1 fully saturated rings. The summed E-state index contributed by atoms with van der Waals surface area (Å²) in [4.78, 5) is 21.3. The lowest BCUT2D eigenvalue weighted by Crippen LogP contribution is -2.48. The molecule has 0 bridgehead atoms. The van der Waals surface area contributed by atoms with Gasteiger partial charge in [0, 0.05) is 38.1 Å². The van der Waals surface area contributed by atoms with Crippen molar-refractivity contribution in [1.82, 2.24) is 9.88 Å². The molecule has 1 aliphatic rings. The van der Waals surface area contributed by atoms with Crippen LogP contribution in [0, 0.1) is 11.3 Å². The van der Waals surface area contributed by atoms with Crippen LogP contribution < -0.4 is 10.2 Å². The number of amides is 1.